The second kappa shape index (κ2) is 10.7. The predicted molar refractivity (Wildman–Crippen MR) is 80.9 cm³/mol. The Kier molecular flexibility index (Phi) is 10.6. The Morgan fingerprint density at radius 2 is 1.72 bits per heavy atom. The van der Waals surface area contributed by atoms with Gasteiger partial charge in [-0.2, -0.15) is 0 Å². The number of carbonyl (C=O) groups is 2. The molecule has 0 saturated carbocycles. The lowest BCUT2D eigenvalue weighted by atomic mass is 10.1. The largest absolute Gasteiger partial charge is 0.359 e. The van der Waals surface area contributed by atoms with E-state index in [-0.39, 0.29) is 23.7 Å². The standard InChI is InChI=1S/C12H24N2O2S2/c1-5-9(12(16)14-4)7-17-18-8-10(13-3)11(15)6-2/h9-10,13H,5-8H2,1-4H3,(H,14,16)/t9?,10-/m1/s1. The molecule has 0 radical (unpaired) electrons. The summed E-state index contributed by atoms with van der Waals surface area (Å²) in [4.78, 5) is 23.0. The fourth-order valence-corrected chi connectivity index (χ4v) is 4.12. The third kappa shape index (κ3) is 6.66. The molecule has 0 saturated heterocycles. The maximum Gasteiger partial charge on any atom is 0.223 e. The first-order chi connectivity index (χ1) is 8.60. The molecular weight excluding hydrogens is 268 g/mol. The number of carbonyl (C=O) groups excluding carboxylic acids is 2. The van der Waals surface area contributed by atoms with Gasteiger partial charge >= 0.3 is 0 Å². The number of Topliss-reactive ketones (excluding diaryl/α,β-unsaturated/α-hetero) is 1. The summed E-state index contributed by atoms with van der Waals surface area (Å²) in [5, 5.41) is 5.70. The molecule has 0 spiro atoms. The minimum atomic E-state index is -0.0763. The highest BCUT2D eigenvalue weighted by Gasteiger charge is 2.17. The fraction of sp³-hybridized carbons (Fsp3) is 0.833. The summed E-state index contributed by atoms with van der Waals surface area (Å²) in [5.74, 6) is 1.93. The van der Waals surface area contributed by atoms with Crippen molar-refractivity contribution in [3.63, 3.8) is 0 Å². The van der Waals surface area contributed by atoms with Crippen molar-refractivity contribution >= 4 is 33.3 Å². The summed E-state index contributed by atoms with van der Waals surface area (Å²) in [6.07, 6.45) is 1.41. The monoisotopic (exact) mass is 292 g/mol. The van der Waals surface area contributed by atoms with Gasteiger partial charge in [-0.3, -0.25) is 9.59 Å². The number of hydrogen-bond acceptors (Lipinski definition) is 5. The van der Waals surface area contributed by atoms with Crippen LogP contribution >= 0.6 is 21.6 Å². The van der Waals surface area contributed by atoms with Crippen molar-refractivity contribution in [2.75, 3.05) is 25.6 Å². The molecule has 106 valence electrons. The lowest BCUT2D eigenvalue weighted by molar-refractivity contribution is -0.124. The van der Waals surface area contributed by atoms with Crippen LogP contribution in [0.4, 0.5) is 0 Å². The molecule has 0 aliphatic carbocycles. The highest BCUT2D eigenvalue weighted by atomic mass is 33.1. The van der Waals surface area contributed by atoms with Gasteiger partial charge in [-0.25, -0.2) is 0 Å². The Morgan fingerprint density at radius 3 is 2.17 bits per heavy atom. The third-order valence-corrected chi connectivity index (χ3v) is 5.27. The van der Waals surface area contributed by atoms with E-state index >= 15 is 0 Å². The van der Waals surface area contributed by atoms with E-state index in [1.54, 1.807) is 28.6 Å². The molecule has 2 N–H and O–H groups in total. The van der Waals surface area contributed by atoms with Crippen molar-refractivity contribution in [2.24, 2.45) is 5.92 Å². The highest BCUT2D eigenvalue weighted by molar-refractivity contribution is 8.76. The zero-order valence-electron chi connectivity index (χ0n) is 11.6. The molecule has 0 aliphatic heterocycles. The smallest absolute Gasteiger partial charge is 0.223 e. The summed E-state index contributed by atoms with van der Waals surface area (Å²) in [7, 11) is 6.79. The van der Waals surface area contributed by atoms with Gasteiger partial charge in [0.1, 0.15) is 5.78 Å². The zero-order chi connectivity index (χ0) is 14.0. The van der Waals surface area contributed by atoms with E-state index in [1.165, 1.54) is 0 Å². The van der Waals surface area contributed by atoms with Crippen LogP contribution in [0.2, 0.25) is 0 Å². The van der Waals surface area contributed by atoms with Crippen molar-refractivity contribution in [1.29, 1.82) is 0 Å². The van der Waals surface area contributed by atoms with Crippen LogP contribution in [0, 0.1) is 5.92 Å². The van der Waals surface area contributed by atoms with Gasteiger partial charge in [-0.1, -0.05) is 35.4 Å². The van der Waals surface area contributed by atoms with Gasteiger partial charge in [0.05, 0.1) is 6.04 Å². The lowest BCUT2D eigenvalue weighted by Gasteiger charge is -2.15. The van der Waals surface area contributed by atoms with Crippen LogP contribution in [0.25, 0.3) is 0 Å². The topological polar surface area (TPSA) is 58.2 Å². The molecule has 0 fully saturated rings. The molecule has 1 amide bonds. The van der Waals surface area contributed by atoms with E-state index in [2.05, 4.69) is 10.6 Å². The molecule has 0 aliphatic rings. The molecule has 6 heteroatoms. The molecule has 0 aromatic carbocycles. The number of ketones is 1. The van der Waals surface area contributed by atoms with Gasteiger partial charge in [0.25, 0.3) is 0 Å². The van der Waals surface area contributed by atoms with E-state index in [0.717, 1.165) is 17.9 Å². The minimum Gasteiger partial charge on any atom is -0.359 e. The Bertz CT molecular complexity index is 236. The second-order valence-corrected chi connectivity index (χ2v) is 6.50. The predicted octanol–water partition coefficient (Wildman–Crippen LogP) is 1.71. The summed E-state index contributed by atoms with van der Waals surface area (Å²) in [5.41, 5.74) is 0. The lowest BCUT2D eigenvalue weighted by Crippen LogP contribution is -2.35. The van der Waals surface area contributed by atoms with E-state index in [4.69, 9.17) is 0 Å². The summed E-state index contributed by atoms with van der Waals surface area (Å²) in [6.45, 7) is 3.89. The SMILES string of the molecule is CCC(=O)[C@@H](CSSCC(CC)C(=O)NC)NC. The molecule has 18 heavy (non-hydrogen) atoms. The van der Waals surface area contributed by atoms with Crippen LogP contribution in [-0.4, -0.2) is 43.3 Å². The van der Waals surface area contributed by atoms with Crippen LogP contribution in [0.15, 0.2) is 0 Å². The number of hydrogen-bond donors (Lipinski definition) is 2. The first-order valence-electron chi connectivity index (χ1n) is 6.26. The molecule has 0 aromatic rings. The van der Waals surface area contributed by atoms with E-state index in [1.807, 2.05) is 20.9 Å². The summed E-state index contributed by atoms with van der Waals surface area (Å²) >= 11 is 0. The average molecular weight is 292 g/mol. The van der Waals surface area contributed by atoms with Crippen LogP contribution in [0.5, 0.6) is 0 Å². The van der Waals surface area contributed by atoms with Crippen molar-refractivity contribution in [3.05, 3.63) is 0 Å². The molecule has 0 aromatic heterocycles. The maximum absolute atomic E-state index is 11.5. The van der Waals surface area contributed by atoms with E-state index < -0.39 is 0 Å². The molecule has 4 nitrogen and oxygen atoms in total. The normalized spacial score (nSPS) is 14.0. The van der Waals surface area contributed by atoms with Gasteiger partial charge in [-0.05, 0) is 13.5 Å². The molecule has 0 bridgehead atoms. The number of likely N-dealkylation sites (N-methyl/N-ethyl adjacent to an activating group) is 1. The Morgan fingerprint density at radius 1 is 1.11 bits per heavy atom. The highest BCUT2D eigenvalue weighted by Crippen LogP contribution is 2.26. The number of rotatable bonds is 10. The molecule has 0 rings (SSSR count). The summed E-state index contributed by atoms with van der Waals surface area (Å²) in [6, 6.07) is -0.0763. The minimum absolute atomic E-state index is 0.0578. The second-order valence-electron chi connectivity index (χ2n) is 3.95. The maximum atomic E-state index is 11.5. The fourth-order valence-electron chi connectivity index (χ4n) is 1.41. The first kappa shape index (κ1) is 17.8. The van der Waals surface area contributed by atoms with Crippen LogP contribution in [0.3, 0.4) is 0 Å². The van der Waals surface area contributed by atoms with Crippen molar-refractivity contribution in [2.45, 2.75) is 32.7 Å². The van der Waals surface area contributed by atoms with E-state index in [0.29, 0.717) is 6.42 Å². The molecule has 2 atom stereocenters. The van der Waals surface area contributed by atoms with Crippen LogP contribution in [0.1, 0.15) is 26.7 Å². The van der Waals surface area contributed by atoms with E-state index in [9.17, 15) is 9.59 Å². The zero-order valence-corrected chi connectivity index (χ0v) is 13.2. The van der Waals surface area contributed by atoms with Gasteiger partial charge < -0.3 is 10.6 Å². The number of amides is 1. The first-order valence-corrected chi connectivity index (χ1v) is 8.75. The van der Waals surface area contributed by atoms with Crippen molar-refractivity contribution < 1.29 is 9.59 Å². The molecular formula is C12H24N2O2S2. The summed E-state index contributed by atoms with van der Waals surface area (Å²) < 4.78 is 0. The Balaban J connectivity index is 3.89. The van der Waals surface area contributed by atoms with Gasteiger partial charge in [0, 0.05) is 30.9 Å². The van der Waals surface area contributed by atoms with Gasteiger partial charge in [-0.15, -0.1) is 0 Å². The number of nitrogens with one attached hydrogen (secondary N) is 2. The quantitative estimate of drug-likeness (QED) is 0.474. The van der Waals surface area contributed by atoms with Crippen LogP contribution < -0.4 is 10.6 Å². The third-order valence-electron chi connectivity index (χ3n) is 2.78. The molecule has 0 heterocycles. The van der Waals surface area contributed by atoms with Gasteiger partial charge in [0.2, 0.25) is 5.91 Å². The van der Waals surface area contributed by atoms with Crippen molar-refractivity contribution in [1.82, 2.24) is 10.6 Å². The van der Waals surface area contributed by atoms with Gasteiger partial charge in [0.15, 0.2) is 0 Å². The van der Waals surface area contributed by atoms with Crippen molar-refractivity contribution in [3.8, 4) is 0 Å². The average Bonchev–Trinajstić information content (AvgIpc) is 2.41. The molecule has 1 unspecified atom stereocenters. The Hall–Kier alpha value is -0.200. The van der Waals surface area contributed by atoms with Crippen LogP contribution in [-0.2, 0) is 9.59 Å². The Labute approximate surface area is 118 Å².